The van der Waals surface area contributed by atoms with E-state index >= 15 is 0 Å². The maximum atomic E-state index is 12.6. The van der Waals surface area contributed by atoms with Gasteiger partial charge in [-0.3, -0.25) is 0 Å². The van der Waals surface area contributed by atoms with Crippen molar-refractivity contribution in [2.75, 3.05) is 12.3 Å². The Bertz CT molecular complexity index is 470. The van der Waals surface area contributed by atoms with Gasteiger partial charge in [0.1, 0.15) is 0 Å². The first-order valence-corrected chi connectivity index (χ1v) is 6.35. The lowest BCUT2D eigenvalue weighted by Gasteiger charge is -2.11. The lowest BCUT2D eigenvalue weighted by molar-refractivity contribution is -0.137. The summed E-state index contributed by atoms with van der Waals surface area (Å²) in [7, 11) is 0. The van der Waals surface area contributed by atoms with Crippen molar-refractivity contribution < 1.29 is 22.7 Å². The number of rotatable bonds is 5. The highest BCUT2D eigenvalue weighted by molar-refractivity contribution is 5.90. The first-order valence-electron chi connectivity index (χ1n) is 6.35. The van der Waals surface area contributed by atoms with E-state index in [1.54, 1.807) is 0 Å². The van der Waals surface area contributed by atoms with Crippen LogP contribution in [0.3, 0.4) is 0 Å². The summed E-state index contributed by atoms with van der Waals surface area (Å²) in [6.45, 7) is 4.26. The summed E-state index contributed by atoms with van der Waals surface area (Å²) in [6, 6.07) is 2.72. The van der Waals surface area contributed by atoms with Crippen LogP contribution in [-0.2, 0) is 10.9 Å². The Morgan fingerprint density at radius 1 is 1.30 bits per heavy atom. The Hall–Kier alpha value is -1.72. The SMILES string of the molecule is CC(C)CCCOC(=O)c1cc(N)cc(C(F)(F)F)c1. The van der Waals surface area contributed by atoms with Crippen molar-refractivity contribution in [3.63, 3.8) is 0 Å². The second kappa shape index (κ2) is 6.63. The van der Waals surface area contributed by atoms with Gasteiger partial charge in [-0.25, -0.2) is 4.79 Å². The molecule has 1 rings (SSSR count). The zero-order valence-electron chi connectivity index (χ0n) is 11.5. The molecule has 0 spiro atoms. The largest absolute Gasteiger partial charge is 0.462 e. The van der Waals surface area contributed by atoms with Gasteiger partial charge in [0.15, 0.2) is 0 Å². The van der Waals surface area contributed by atoms with Crippen LogP contribution in [-0.4, -0.2) is 12.6 Å². The molecule has 3 nitrogen and oxygen atoms in total. The number of alkyl halides is 3. The number of carbonyl (C=O) groups is 1. The van der Waals surface area contributed by atoms with Crippen molar-refractivity contribution in [3.05, 3.63) is 29.3 Å². The number of halogens is 3. The number of ether oxygens (including phenoxy) is 1. The topological polar surface area (TPSA) is 52.3 Å². The normalized spacial score (nSPS) is 11.7. The highest BCUT2D eigenvalue weighted by Crippen LogP contribution is 2.31. The van der Waals surface area contributed by atoms with E-state index in [1.807, 2.05) is 13.8 Å². The minimum Gasteiger partial charge on any atom is -0.462 e. The monoisotopic (exact) mass is 289 g/mol. The second-order valence-electron chi connectivity index (χ2n) is 5.01. The van der Waals surface area contributed by atoms with Crippen LogP contribution in [0.25, 0.3) is 0 Å². The van der Waals surface area contributed by atoms with E-state index in [9.17, 15) is 18.0 Å². The highest BCUT2D eigenvalue weighted by atomic mass is 19.4. The maximum Gasteiger partial charge on any atom is 0.416 e. The van der Waals surface area contributed by atoms with E-state index in [4.69, 9.17) is 10.5 Å². The average Bonchev–Trinajstić information content (AvgIpc) is 2.32. The van der Waals surface area contributed by atoms with Gasteiger partial charge in [-0.1, -0.05) is 13.8 Å². The number of carbonyl (C=O) groups excluding carboxylic acids is 1. The molecular formula is C14H18F3NO2. The van der Waals surface area contributed by atoms with E-state index in [0.717, 1.165) is 18.6 Å². The van der Waals surface area contributed by atoms with Gasteiger partial charge in [0.25, 0.3) is 0 Å². The highest BCUT2D eigenvalue weighted by Gasteiger charge is 2.31. The molecule has 0 aliphatic rings. The number of hydrogen-bond acceptors (Lipinski definition) is 3. The Labute approximate surface area is 115 Å². The van der Waals surface area contributed by atoms with Gasteiger partial charge in [-0.2, -0.15) is 13.2 Å². The van der Waals surface area contributed by atoms with E-state index in [0.29, 0.717) is 12.3 Å². The number of nitrogen functional groups attached to an aromatic ring is 1. The molecule has 2 N–H and O–H groups in total. The lowest BCUT2D eigenvalue weighted by Crippen LogP contribution is -2.11. The van der Waals surface area contributed by atoms with E-state index in [2.05, 4.69) is 0 Å². The molecule has 0 bridgehead atoms. The fourth-order valence-electron chi connectivity index (χ4n) is 1.67. The zero-order chi connectivity index (χ0) is 15.3. The minimum atomic E-state index is -4.54. The fraction of sp³-hybridized carbons (Fsp3) is 0.500. The molecule has 0 fully saturated rings. The predicted octanol–water partition coefficient (Wildman–Crippen LogP) is 3.88. The Balaban J connectivity index is 2.71. The summed E-state index contributed by atoms with van der Waals surface area (Å²) >= 11 is 0. The number of benzene rings is 1. The third-order valence-electron chi connectivity index (χ3n) is 2.68. The van der Waals surface area contributed by atoms with Crippen molar-refractivity contribution in [3.8, 4) is 0 Å². The molecule has 6 heteroatoms. The number of nitrogens with two attached hydrogens (primary N) is 1. The van der Waals surface area contributed by atoms with Crippen LogP contribution in [0.5, 0.6) is 0 Å². The summed E-state index contributed by atoms with van der Waals surface area (Å²) in [5.41, 5.74) is 4.13. The third-order valence-corrected chi connectivity index (χ3v) is 2.68. The molecule has 0 unspecified atom stereocenters. The minimum absolute atomic E-state index is 0.117. The fourth-order valence-corrected chi connectivity index (χ4v) is 1.67. The second-order valence-corrected chi connectivity index (χ2v) is 5.01. The van der Waals surface area contributed by atoms with Gasteiger partial charge >= 0.3 is 12.1 Å². The van der Waals surface area contributed by atoms with Gasteiger partial charge in [0.2, 0.25) is 0 Å². The zero-order valence-corrected chi connectivity index (χ0v) is 11.5. The molecule has 0 saturated heterocycles. The van der Waals surface area contributed by atoms with Crippen LogP contribution in [0.15, 0.2) is 18.2 Å². The summed E-state index contributed by atoms with van der Waals surface area (Å²) in [6.07, 6.45) is -2.97. The van der Waals surface area contributed by atoms with Gasteiger partial charge in [-0.05, 0) is 37.0 Å². The first kappa shape index (κ1) is 16.3. The molecular weight excluding hydrogens is 271 g/mol. The summed E-state index contributed by atoms with van der Waals surface area (Å²) in [5, 5.41) is 0. The van der Waals surface area contributed by atoms with Crippen molar-refractivity contribution in [1.82, 2.24) is 0 Å². The molecule has 0 heterocycles. The summed E-state index contributed by atoms with van der Waals surface area (Å²) in [5.74, 6) is -0.301. The first-order chi connectivity index (χ1) is 9.20. The van der Waals surface area contributed by atoms with Gasteiger partial charge in [-0.15, -0.1) is 0 Å². The van der Waals surface area contributed by atoms with Crippen molar-refractivity contribution in [1.29, 1.82) is 0 Å². The van der Waals surface area contributed by atoms with Crippen LogP contribution in [0, 0.1) is 5.92 Å². The van der Waals surface area contributed by atoms with Crippen molar-refractivity contribution in [2.24, 2.45) is 5.92 Å². The standard InChI is InChI=1S/C14H18F3NO2/c1-9(2)4-3-5-20-13(19)10-6-11(14(15,16)17)8-12(18)7-10/h6-9H,3-5,18H2,1-2H3. The maximum absolute atomic E-state index is 12.6. The quantitative estimate of drug-likeness (QED) is 0.508. The van der Waals surface area contributed by atoms with E-state index in [-0.39, 0.29) is 17.9 Å². The number of esters is 1. The Kier molecular flexibility index (Phi) is 5.42. The molecule has 1 aromatic carbocycles. The molecule has 0 atom stereocenters. The molecule has 0 aliphatic heterocycles. The number of hydrogen-bond donors (Lipinski definition) is 1. The van der Waals surface area contributed by atoms with Crippen LogP contribution < -0.4 is 5.73 Å². The molecule has 20 heavy (non-hydrogen) atoms. The van der Waals surface area contributed by atoms with Crippen LogP contribution in [0.1, 0.15) is 42.6 Å². The van der Waals surface area contributed by atoms with Gasteiger partial charge in [0.05, 0.1) is 17.7 Å². The average molecular weight is 289 g/mol. The predicted molar refractivity (Wildman–Crippen MR) is 70.2 cm³/mol. The van der Waals surface area contributed by atoms with E-state index < -0.39 is 17.7 Å². The Morgan fingerprint density at radius 2 is 1.95 bits per heavy atom. The van der Waals surface area contributed by atoms with Crippen LogP contribution in [0.2, 0.25) is 0 Å². The third kappa shape index (κ3) is 5.11. The van der Waals surface area contributed by atoms with E-state index in [1.165, 1.54) is 6.07 Å². The Morgan fingerprint density at radius 3 is 2.50 bits per heavy atom. The molecule has 1 aromatic rings. The smallest absolute Gasteiger partial charge is 0.416 e. The molecule has 112 valence electrons. The van der Waals surface area contributed by atoms with Gasteiger partial charge < -0.3 is 10.5 Å². The molecule has 0 aromatic heterocycles. The van der Waals surface area contributed by atoms with Crippen LogP contribution >= 0.6 is 0 Å². The molecule has 0 saturated carbocycles. The van der Waals surface area contributed by atoms with Crippen LogP contribution in [0.4, 0.5) is 18.9 Å². The number of anilines is 1. The summed E-state index contributed by atoms with van der Waals surface area (Å²) < 4.78 is 42.7. The van der Waals surface area contributed by atoms with Crippen molar-refractivity contribution in [2.45, 2.75) is 32.9 Å². The molecule has 0 radical (unpaired) electrons. The molecule has 0 amide bonds. The van der Waals surface area contributed by atoms with Gasteiger partial charge in [0, 0.05) is 5.69 Å². The van der Waals surface area contributed by atoms with Crippen molar-refractivity contribution >= 4 is 11.7 Å². The lowest BCUT2D eigenvalue weighted by atomic mass is 10.1. The molecule has 0 aliphatic carbocycles. The summed E-state index contributed by atoms with van der Waals surface area (Å²) in [4.78, 5) is 11.7.